The van der Waals surface area contributed by atoms with Crippen molar-refractivity contribution in [2.75, 3.05) is 13.1 Å². The van der Waals surface area contributed by atoms with Crippen molar-refractivity contribution in [3.63, 3.8) is 0 Å². The van der Waals surface area contributed by atoms with Crippen molar-refractivity contribution in [2.45, 2.75) is 12.8 Å². The first-order valence-electron chi connectivity index (χ1n) is 9.72. The van der Waals surface area contributed by atoms with Crippen molar-refractivity contribution in [3.05, 3.63) is 90.0 Å². The molecule has 2 aromatic carbocycles. The predicted molar refractivity (Wildman–Crippen MR) is 109 cm³/mol. The predicted octanol–water partition coefficient (Wildman–Crippen LogP) is 4.62. The van der Waals surface area contributed by atoms with Crippen molar-refractivity contribution in [1.29, 1.82) is 0 Å². The molecule has 1 aromatic heterocycles. The highest BCUT2D eigenvalue weighted by Gasteiger charge is 2.30. The van der Waals surface area contributed by atoms with Crippen LogP contribution >= 0.6 is 0 Å². The SMILES string of the molecule is O=C(c1ccc(-c2ccccc2)c(F)c1)[C@H]1CCCN(C(=O)c2cccnc2)C1. The van der Waals surface area contributed by atoms with Gasteiger partial charge in [-0.1, -0.05) is 42.5 Å². The fourth-order valence-electron chi connectivity index (χ4n) is 3.80. The van der Waals surface area contributed by atoms with Crippen molar-refractivity contribution in [3.8, 4) is 11.1 Å². The van der Waals surface area contributed by atoms with Gasteiger partial charge in [-0.15, -0.1) is 0 Å². The summed E-state index contributed by atoms with van der Waals surface area (Å²) in [6.07, 6.45) is 4.59. The van der Waals surface area contributed by atoms with Crippen LogP contribution in [0.15, 0.2) is 73.1 Å². The Balaban J connectivity index is 1.50. The molecule has 0 N–H and O–H groups in total. The Morgan fingerprint density at radius 2 is 1.83 bits per heavy atom. The normalized spacial score (nSPS) is 16.4. The molecule has 0 unspecified atom stereocenters. The number of ketones is 1. The van der Waals surface area contributed by atoms with Gasteiger partial charge in [0.05, 0.1) is 5.56 Å². The molecule has 1 atom stereocenters. The summed E-state index contributed by atoms with van der Waals surface area (Å²) in [5.74, 6) is -0.985. The highest BCUT2D eigenvalue weighted by molar-refractivity contribution is 5.99. The quantitative estimate of drug-likeness (QED) is 0.613. The molecule has 0 bridgehead atoms. The Hall–Kier alpha value is -3.34. The minimum atomic E-state index is -0.416. The first-order valence-corrected chi connectivity index (χ1v) is 9.72. The van der Waals surface area contributed by atoms with E-state index >= 15 is 0 Å². The van der Waals surface area contributed by atoms with Crippen LogP contribution in [0.1, 0.15) is 33.6 Å². The van der Waals surface area contributed by atoms with Crippen LogP contribution in [0.2, 0.25) is 0 Å². The number of nitrogens with zero attached hydrogens (tertiary/aromatic N) is 2. The van der Waals surface area contributed by atoms with Crippen molar-refractivity contribution in [1.82, 2.24) is 9.88 Å². The Bertz CT molecular complexity index is 1020. The number of hydrogen-bond donors (Lipinski definition) is 0. The number of rotatable bonds is 4. The molecule has 1 aliphatic rings. The van der Waals surface area contributed by atoms with Crippen LogP contribution in [0.3, 0.4) is 0 Å². The topological polar surface area (TPSA) is 50.3 Å². The molecular weight excluding hydrogens is 367 g/mol. The third-order valence-corrected chi connectivity index (χ3v) is 5.33. The number of Topliss-reactive ketones (excluding diaryl/α,β-unsaturated/α-hetero) is 1. The Morgan fingerprint density at radius 1 is 1.00 bits per heavy atom. The average Bonchev–Trinajstić information content (AvgIpc) is 2.79. The molecule has 0 spiro atoms. The van der Waals surface area contributed by atoms with Gasteiger partial charge in [0.25, 0.3) is 5.91 Å². The Labute approximate surface area is 169 Å². The zero-order chi connectivity index (χ0) is 20.2. The second-order valence-corrected chi connectivity index (χ2v) is 7.26. The third kappa shape index (κ3) is 4.09. The molecule has 29 heavy (non-hydrogen) atoms. The zero-order valence-electron chi connectivity index (χ0n) is 15.9. The monoisotopic (exact) mass is 388 g/mol. The molecule has 1 saturated heterocycles. The minimum Gasteiger partial charge on any atom is -0.338 e. The summed E-state index contributed by atoms with van der Waals surface area (Å²) in [6, 6.07) is 17.3. The summed E-state index contributed by atoms with van der Waals surface area (Å²) < 4.78 is 14.7. The highest BCUT2D eigenvalue weighted by atomic mass is 19.1. The van der Waals surface area contributed by atoms with E-state index in [-0.39, 0.29) is 17.6 Å². The molecule has 2 heterocycles. The smallest absolute Gasteiger partial charge is 0.255 e. The lowest BCUT2D eigenvalue weighted by atomic mass is 9.89. The maximum absolute atomic E-state index is 14.7. The van der Waals surface area contributed by atoms with Crippen LogP contribution in [0.25, 0.3) is 11.1 Å². The second kappa shape index (κ2) is 8.35. The Kier molecular flexibility index (Phi) is 5.47. The number of benzene rings is 2. The van der Waals surface area contributed by atoms with Gasteiger partial charge in [-0.3, -0.25) is 14.6 Å². The van der Waals surface area contributed by atoms with Crippen LogP contribution in [0, 0.1) is 11.7 Å². The standard InChI is InChI=1S/C24H21FN2O2/c25-22-14-18(10-11-21(22)17-6-2-1-3-7-17)23(28)20-9-5-13-27(16-20)24(29)19-8-4-12-26-15-19/h1-4,6-8,10-12,14-15,20H,5,9,13,16H2/t20-/m0/s1. The van der Waals surface area contributed by atoms with E-state index in [0.29, 0.717) is 36.2 Å². The van der Waals surface area contributed by atoms with Gasteiger partial charge in [-0.25, -0.2) is 4.39 Å². The Morgan fingerprint density at radius 3 is 2.55 bits per heavy atom. The summed E-state index contributed by atoms with van der Waals surface area (Å²) in [6.45, 7) is 0.952. The fraction of sp³-hybridized carbons (Fsp3) is 0.208. The number of piperidine rings is 1. The number of aromatic nitrogens is 1. The number of halogens is 1. The number of likely N-dealkylation sites (tertiary alicyclic amines) is 1. The number of amides is 1. The zero-order valence-corrected chi connectivity index (χ0v) is 15.9. The lowest BCUT2D eigenvalue weighted by molar-refractivity contribution is 0.0636. The van der Waals surface area contributed by atoms with Crippen LogP contribution in [-0.2, 0) is 0 Å². The van der Waals surface area contributed by atoms with Gasteiger partial charge in [-0.2, -0.15) is 0 Å². The molecular formula is C24H21FN2O2. The molecule has 1 fully saturated rings. The van der Waals surface area contributed by atoms with Gasteiger partial charge >= 0.3 is 0 Å². The van der Waals surface area contributed by atoms with Crippen molar-refractivity contribution < 1.29 is 14.0 Å². The first kappa shape index (κ1) is 19.0. The average molecular weight is 388 g/mol. The first-order chi connectivity index (χ1) is 14.1. The lowest BCUT2D eigenvalue weighted by Crippen LogP contribution is -2.42. The fourth-order valence-corrected chi connectivity index (χ4v) is 3.80. The molecule has 0 aliphatic carbocycles. The number of carbonyl (C=O) groups excluding carboxylic acids is 2. The van der Waals surface area contributed by atoms with E-state index in [0.717, 1.165) is 12.0 Å². The van der Waals surface area contributed by atoms with E-state index in [2.05, 4.69) is 4.98 Å². The molecule has 5 heteroatoms. The number of hydrogen-bond acceptors (Lipinski definition) is 3. The van der Waals surface area contributed by atoms with E-state index in [9.17, 15) is 14.0 Å². The van der Waals surface area contributed by atoms with Crippen molar-refractivity contribution >= 4 is 11.7 Å². The maximum Gasteiger partial charge on any atom is 0.255 e. The van der Waals surface area contributed by atoms with Gasteiger partial charge in [0.15, 0.2) is 5.78 Å². The minimum absolute atomic E-state index is 0.118. The third-order valence-electron chi connectivity index (χ3n) is 5.33. The van der Waals surface area contributed by atoms with E-state index in [4.69, 9.17) is 0 Å². The van der Waals surface area contributed by atoms with E-state index in [1.54, 1.807) is 35.4 Å². The molecule has 1 amide bonds. The van der Waals surface area contributed by atoms with Gasteiger partial charge in [0, 0.05) is 42.5 Å². The molecule has 0 saturated carbocycles. The molecule has 1 aliphatic heterocycles. The van der Waals surface area contributed by atoms with Crippen LogP contribution in [-0.4, -0.2) is 34.7 Å². The second-order valence-electron chi connectivity index (χ2n) is 7.26. The summed E-state index contributed by atoms with van der Waals surface area (Å²) >= 11 is 0. The number of pyridine rings is 1. The lowest BCUT2D eigenvalue weighted by Gasteiger charge is -2.32. The van der Waals surface area contributed by atoms with Crippen LogP contribution in [0.5, 0.6) is 0 Å². The van der Waals surface area contributed by atoms with Crippen LogP contribution < -0.4 is 0 Å². The van der Waals surface area contributed by atoms with Gasteiger partial charge < -0.3 is 4.90 Å². The van der Waals surface area contributed by atoms with Crippen LogP contribution in [0.4, 0.5) is 4.39 Å². The summed E-state index contributed by atoms with van der Waals surface area (Å²) in [4.78, 5) is 31.3. The van der Waals surface area contributed by atoms with E-state index < -0.39 is 5.82 Å². The van der Waals surface area contributed by atoms with Gasteiger partial charge in [0.1, 0.15) is 5.82 Å². The molecule has 146 valence electrons. The number of carbonyl (C=O) groups is 2. The molecule has 3 aromatic rings. The van der Waals surface area contributed by atoms with Gasteiger partial charge in [-0.05, 0) is 36.6 Å². The molecule has 4 nitrogen and oxygen atoms in total. The molecule has 4 rings (SSSR count). The highest BCUT2D eigenvalue weighted by Crippen LogP contribution is 2.27. The van der Waals surface area contributed by atoms with Crippen molar-refractivity contribution in [2.24, 2.45) is 5.92 Å². The summed E-state index contributed by atoms with van der Waals surface area (Å²) in [5.41, 5.74) is 2.11. The summed E-state index contributed by atoms with van der Waals surface area (Å²) in [7, 11) is 0. The van der Waals surface area contributed by atoms with E-state index in [1.165, 1.54) is 12.3 Å². The van der Waals surface area contributed by atoms with Gasteiger partial charge in [0.2, 0.25) is 0 Å². The van der Waals surface area contributed by atoms with E-state index in [1.807, 2.05) is 30.3 Å². The summed E-state index contributed by atoms with van der Waals surface area (Å²) in [5, 5.41) is 0. The largest absolute Gasteiger partial charge is 0.338 e. The maximum atomic E-state index is 14.7. The molecule has 0 radical (unpaired) electrons.